The van der Waals surface area contributed by atoms with Gasteiger partial charge in [-0.05, 0) is 54.5 Å². The fourth-order valence-corrected chi connectivity index (χ4v) is 5.28. The van der Waals surface area contributed by atoms with Gasteiger partial charge in [-0.1, -0.05) is 43.3 Å². The molecule has 2 bridgehead atoms. The zero-order chi connectivity index (χ0) is 23.1. The number of esters is 1. The van der Waals surface area contributed by atoms with Gasteiger partial charge in [-0.25, -0.2) is 9.69 Å². The highest BCUT2D eigenvalue weighted by Gasteiger charge is 2.59. The number of aryl methyl sites for hydroxylation is 1. The number of allylic oxidation sites excluding steroid dienone is 2. The first kappa shape index (κ1) is 21.1. The highest BCUT2D eigenvalue weighted by Crippen LogP contribution is 2.53. The highest BCUT2D eigenvalue weighted by molar-refractivity contribution is 6.23. The van der Waals surface area contributed by atoms with Crippen LogP contribution in [0.5, 0.6) is 0 Å². The molecule has 0 unspecified atom stereocenters. The predicted octanol–water partition coefficient (Wildman–Crippen LogP) is 3.36. The van der Waals surface area contributed by atoms with Crippen molar-refractivity contribution in [2.24, 2.45) is 23.7 Å². The summed E-state index contributed by atoms with van der Waals surface area (Å²) in [5.41, 5.74) is 2.20. The monoisotopic (exact) mass is 444 g/mol. The number of benzene rings is 2. The Kier molecular flexibility index (Phi) is 5.32. The number of anilines is 2. The fourth-order valence-electron chi connectivity index (χ4n) is 5.28. The van der Waals surface area contributed by atoms with Crippen molar-refractivity contribution < 1.29 is 23.9 Å². The smallest absolute Gasteiger partial charge is 0.338 e. The summed E-state index contributed by atoms with van der Waals surface area (Å²) in [7, 11) is 0. The van der Waals surface area contributed by atoms with Crippen LogP contribution in [0.25, 0.3) is 0 Å². The van der Waals surface area contributed by atoms with E-state index in [1.165, 1.54) is 17.0 Å². The molecule has 3 aliphatic rings. The van der Waals surface area contributed by atoms with Crippen LogP contribution in [0, 0.1) is 23.7 Å². The van der Waals surface area contributed by atoms with Crippen LogP contribution in [-0.4, -0.2) is 30.3 Å². The van der Waals surface area contributed by atoms with E-state index in [0.29, 0.717) is 11.4 Å². The Labute approximate surface area is 191 Å². The van der Waals surface area contributed by atoms with Gasteiger partial charge in [-0.2, -0.15) is 0 Å². The van der Waals surface area contributed by atoms with Gasteiger partial charge in [0.15, 0.2) is 6.61 Å². The van der Waals surface area contributed by atoms with Gasteiger partial charge >= 0.3 is 5.97 Å². The number of para-hydroxylation sites is 1. The molecule has 7 nitrogen and oxygen atoms in total. The number of nitrogens with zero attached hydrogens (tertiary/aromatic N) is 1. The minimum absolute atomic E-state index is 0.117. The lowest BCUT2D eigenvalue weighted by molar-refractivity contribution is -0.123. The molecule has 7 heteroatoms. The van der Waals surface area contributed by atoms with E-state index in [-0.39, 0.29) is 41.0 Å². The van der Waals surface area contributed by atoms with Crippen molar-refractivity contribution in [3.63, 3.8) is 0 Å². The molecule has 2 aliphatic carbocycles. The standard InChI is InChI=1S/C26H24N2O5/c1-2-15-6-3-4-9-20(15)27-21(29)14-33-26(32)18-7-5-8-19(13-18)28-24(30)22-16-10-11-17(12-16)23(22)25(28)31/h3-11,13,16-17,22-23H,2,12,14H2,1H3,(H,27,29)/t16-,17-,22+,23+/m0/s1. The van der Waals surface area contributed by atoms with E-state index < -0.39 is 18.5 Å². The van der Waals surface area contributed by atoms with Crippen molar-refractivity contribution in [2.75, 3.05) is 16.8 Å². The van der Waals surface area contributed by atoms with Gasteiger partial charge in [0.1, 0.15) is 0 Å². The molecule has 1 saturated carbocycles. The van der Waals surface area contributed by atoms with E-state index in [4.69, 9.17) is 4.74 Å². The van der Waals surface area contributed by atoms with Crippen molar-refractivity contribution in [1.29, 1.82) is 0 Å². The molecule has 1 heterocycles. The van der Waals surface area contributed by atoms with Gasteiger partial charge in [0.25, 0.3) is 5.91 Å². The van der Waals surface area contributed by atoms with E-state index in [9.17, 15) is 19.2 Å². The maximum atomic E-state index is 13.0. The molecular weight excluding hydrogens is 420 g/mol. The number of hydrogen-bond acceptors (Lipinski definition) is 5. The third kappa shape index (κ3) is 3.63. The van der Waals surface area contributed by atoms with Crippen molar-refractivity contribution in [3.8, 4) is 0 Å². The summed E-state index contributed by atoms with van der Waals surface area (Å²) in [6.07, 6.45) is 5.70. The minimum Gasteiger partial charge on any atom is -0.452 e. The van der Waals surface area contributed by atoms with Crippen LogP contribution in [0.4, 0.5) is 11.4 Å². The van der Waals surface area contributed by atoms with E-state index in [1.807, 2.05) is 37.3 Å². The lowest BCUT2D eigenvalue weighted by Crippen LogP contribution is -2.33. The quantitative estimate of drug-likeness (QED) is 0.419. The summed E-state index contributed by atoms with van der Waals surface area (Å²) >= 11 is 0. The van der Waals surface area contributed by atoms with Crippen LogP contribution < -0.4 is 10.2 Å². The molecule has 0 radical (unpaired) electrons. The molecule has 2 aromatic carbocycles. The van der Waals surface area contributed by atoms with Gasteiger partial charge in [0.2, 0.25) is 11.8 Å². The van der Waals surface area contributed by atoms with Crippen LogP contribution in [0.3, 0.4) is 0 Å². The second-order valence-corrected chi connectivity index (χ2v) is 8.70. The summed E-state index contributed by atoms with van der Waals surface area (Å²) in [4.78, 5) is 52.1. The number of nitrogens with one attached hydrogen (secondary N) is 1. The third-order valence-electron chi connectivity index (χ3n) is 6.82. The Bertz CT molecular complexity index is 1160. The summed E-state index contributed by atoms with van der Waals surface area (Å²) in [5, 5.41) is 2.75. The molecule has 2 fully saturated rings. The maximum absolute atomic E-state index is 13.0. The SMILES string of the molecule is CCc1ccccc1NC(=O)COC(=O)c1cccc(N2C(=O)[C@H]3[C@H](C2=O)[C@H]2C=C[C@H]3C2)c1. The van der Waals surface area contributed by atoms with Gasteiger partial charge in [0.05, 0.1) is 23.1 Å². The zero-order valence-electron chi connectivity index (χ0n) is 18.2. The molecule has 5 rings (SSSR count). The summed E-state index contributed by atoms with van der Waals surface area (Å²) < 4.78 is 5.18. The first-order valence-electron chi connectivity index (χ1n) is 11.2. The van der Waals surface area contributed by atoms with Gasteiger partial charge in [0, 0.05) is 5.69 Å². The van der Waals surface area contributed by atoms with Crippen LogP contribution in [0.15, 0.2) is 60.7 Å². The van der Waals surface area contributed by atoms with E-state index in [2.05, 4.69) is 5.32 Å². The van der Waals surface area contributed by atoms with E-state index >= 15 is 0 Å². The molecule has 2 aromatic rings. The summed E-state index contributed by atoms with van der Waals surface area (Å²) in [6, 6.07) is 13.7. The number of fused-ring (bicyclic) bond motifs is 5. The Morgan fingerprint density at radius 2 is 1.70 bits per heavy atom. The Morgan fingerprint density at radius 1 is 1.00 bits per heavy atom. The average Bonchev–Trinajstić information content (AvgIpc) is 3.51. The van der Waals surface area contributed by atoms with Crippen molar-refractivity contribution in [1.82, 2.24) is 0 Å². The lowest BCUT2D eigenvalue weighted by atomic mass is 9.85. The molecule has 3 amide bonds. The van der Waals surface area contributed by atoms with Crippen LogP contribution >= 0.6 is 0 Å². The zero-order valence-corrected chi connectivity index (χ0v) is 18.2. The maximum Gasteiger partial charge on any atom is 0.338 e. The molecule has 0 aromatic heterocycles. The topological polar surface area (TPSA) is 92.8 Å². The number of amides is 3. The van der Waals surface area contributed by atoms with E-state index in [0.717, 1.165) is 18.4 Å². The van der Waals surface area contributed by atoms with Crippen molar-refractivity contribution in [3.05, 3.63) is 71.8 Å². The number of hydrogen-bond donors (Lipinski definition) is 1. The number of carbonyl (C=O) groups is 4. The Morgan fingerprint density at radius 3 is 2.39 bits per heavy atom. The lowest BCUT2D eigenvalue weighted by Gasteiger charge is -2.18. The molecule has 1 N–H and O–H groups in total. The van der Waals surface area contributed by atoms with Crippen LogP contribution in [-0.2, 0) is 25.5 Å². The molecule has 4 atom stereocenters. The summed E-state index contributed by atoms with van der Waals surface area (Å²) in [5.74, 6) is -1.94. The highest BCUT2D eigenvalue weighted by atomic mass is 16.5. The van der Waals surface area contributed by atoms with Gasteiger partial charge in [-0.15, -0.1) is 0 Å². The number of ether oxygens (including phenoxy) is 1. The Balaban J connectivity index is 1.25. The minimum atomic E-state index is -0.697. The number of rotatable bonds is 6. The predicted molar refractivity (Wildman–Crippen MR) is 121 cm³/mol. The fraction of sp³-hybridized carbons (Fsp3) is 0.308. The molecule has 1 saturated heterocycles. The number of imide groups is 1. The average molecular weight is 444 g/mol. The van der Waals surface area contributed by atoms with Crippen molar-refractivity contribution in [2.45, 2.75) is 19.8 Å². The first-order chi connectivity index (χ1) is 16.0. The largest absolute Gasteiger partial charge is 0.452 e. The summed E-state index contributed by atoms with van der Waals surface area (Å²) in [6.45, 7) is 1.55. The molecule has 0 spiro atoms. The number of carbonyl (C=O) groups excluding carboxylic acids is 4. The molecule has 1 aliphatic heterocycles. The Hall–Kier alpha value is -3.74. The third-order valence-corrected chi connectivity index (χ3v) is 6.82. The van der Waals surface area contributed by atoms with Crippen LogP contribution in [0.2, 0.25) is 0 Å². The van der Waals surface area contributed by atoms with Gasteiger partial charge in [-0.3, -0.25) is 14.4 Å². The normalized spacial score (nSPS) is 24.8. The molecule has 33 heavy (non-hydrogen) atoms. The van der Waals surface area contributed by atoms with Gasteiger partial charge < -0.3 is 10.1 Å². The van der Waals surface area contributed by atoms with Crippen molar-refractivity contribution >= 4 is 35.1 Å². The second kappa shape index (κ2) is 8.31. The van der Waals surface area contributed by atoms with E-state index in [1.54, 1.807) is 18.2 Å². The second-order valence-electron chi connectivity index (χ2n) is 8.70. The molecule has 168 valence electrons. The first-order valence-corrected chi connectivity index (χ1v) is 11.2. The molecular formula is C26H24N2O5. The van der Waals surface area contributed by atoms with Crippen LogP contribution in [0.1, 0.15) is 29.3 Å².